The highest BCUT2D eigenvalue weighted by Gasteiger charge is 2.24. The monoisotopic (exact) mass is 805 g/mol. The van der Waals surface area contributed by atoms with Crippen LogP contribution in [0.3, 0.4) is 0 Å². The lowest BCUT2D eigenvalue weighted by molar-refractivity contribution is 0.669. The standard InChI is InChI=1S/C60H39NO2/c1-3-18-40(19-4-1)42-36-37-45(41-20-5-2-6-21-41)53(39-42)48-25-8-7-24-47(48)49-26-9-12-31-54(49)61(55-32-17-35-58-59(55)52-28-11-14-34-57(52)62-58)44-23-15-22-43(38-44)46-29-16-30-51-50-27-10-13-33-56(50)63-60(46)51/h1-39H. The third-order valence-corrected chi connectivity index (χ3v) is 12.3. The fourth-order valence-corrected chi connectivity index (χ4v) is 9.43. The van der Waals surface area contributed by atoms with Crippen LogP contribution < -0.4 is 4.90 Å². The van der Waals surface area contributed by atoms with Crippen LogP contribution in [0.5, 0.6) is 0 Å². The molecule has 0 saturated carbocycles. The van der Waals surface area contributed by atoms with Gasteiger partial charge < -0.3 is 13.7 Å². The third-order valence-electron chi connectivity index (χ3n) is 12.3. The molecule has 0 aliphatic carbocycles. The Morgan fingerprint density at radius 2 is 0.825 bits per heavy atom. The predicted octanol–water partition coefficient (Wildman–Crippen LogP) is 17.3. The molecule has 0 unspecified atom stereocenters. The molecule has 0 atom stereocenters. The lowest BCUT2D eigenvalue weighted by atomic mass is 9.86. The minimum absolute atomic E-state index is 0.838. The van der Waals surface area contributed by atoms with Crippen LogP contribution in [-0.4, -0.2) is 0 Å². The Morgan fingerprint density at radius 3 is 1.63 bits per heavy atom. The molecule has 10 aromatic carbocycles. The molecule has 0 radical (unpaired) electrons. The summed E-state index contributed by atoms with van der Waals surface area (Å²) in [6.45, 7) is 0. The first kappa shape index (κ1) is 36.5. The Bertz CT molecular complexity index is 3640. The summed E-state index contributed by atoms with van der Waals surface area (Å²) in [7, 11) is 0. The van der Waals surface area contributed by atoms with Crippen molar-refractivity contribution in [2.45, 2.75) is 0 Å². The molecule has 12 aromatic rings. The van der Waals surface area contributed by atoms with Crippen molar-refractivity contribution >= 4 is 60.9 Å². The summed E-state index contributed by atoms with van der Waals surface area (Å²) in [6, 6.07) is 84.2. The molecule has 296 valence electrons. The van der Waals surface area contributed by atoms with E-state index in [2.05, 4.69) is 223 Å². The molecule has 0 fully saturated rings. The largest absolute Gasteiger partial charge is 0.456 e. The molecule has 3 heteroatoms. The van der Waals surface area contributed by atoms with Crippen LogP contribution in [-0.2, 0) is 0 Å². The number of benzene rings is 10. The van der Waals surface area contributed by atoms with Crippen LogP contribution in [0, 0.1) is 0 Å². The van der Waals surface area contributed by atoms with Crippen LogP contribution in [0.15, 0.2) is 245 Å². The van der Waals surface area contributed by atoms with Gasteiger partial charge in [0.15, 0.2) is 0 Å². The normalized spacial score (nSPS) is 11.5. The maximum absolute atomic E-state index is 6.59. The van der Waals surface area contributed by atoms with Crippen LogP contribution in [0.2, 0.25) is 0 Å². The first-order chi connectivity index (χ1) is 31.3. The molecule has 0 aliphatic heterocycles. The third kappa shape index (κ3) is 6.29. The van der Waals surface area contributed by atoms with E-state index in [1.807, 2.05) is 18.2 Å². The summed E-state index contributed by atoms with van der Waals surface area (Å²) in [4.78, 5) is 2.41. The van der Waals surface area contributed by atoms with Gasteiger partial charge in [0.25, 0.3) is 0 Å². The number of para-hydroxylation sites is 4. The second kappa shape index (κ2) is 15.3. The molecule has 0 N–H and O–H groups in total. The van der Waals surface area contributed by atoms with Crippen LogP contribution in [0.25, 0.3) is 99.5 Å². The van der Waals surface area contributed by atoms with Gasteiger partial charge in [0, 0.05) is 33.0 Å². The van der Waals surface area contributed by atoms with Gasteiger partial charge >= 0.3 is 0 Å². The van der Waals surface area contributed by atoms with Gasteiger partial charge in [-0.2, -0.15) is 0 Å². The SMILES string of the molecule is c1ccc(-c2ccc(-c3ccccc3)c(-c3ccccc3-c3ccccc3N(c3cccc(-c4cccc5c4oc4ccccc45)c3)c3cccc4oc5ccccc5c34)c2)cc1. The summed E-state index contributed by atoms with van der Waals surface area (Å²) in [5, 5.41) is 4.35. The number of hydrogen-bond acceptors (Lipinski definition) is 3. The second-order valence-corrected chi connectivity index (χ2v) is 16.0. The average molecular weight is 806 g/mol. The molecule has 0 amide bonds. The number of rotatable bonds is 8. The van der Waals surface area contributed by atoms with Crippen molar-refractivity contribution in [3.05, 3.63) is 237 Å². The number of nitrogens with zero attached hydrogens (tertiary/aromatic N) is 1. The predicted molar refractivity (Wildman–Crippen MR) is 263 cm³/mol. The molecule has 63 heavy (non-hydrogen) atoms. The van der Waals surface area contributed by atoms with Gasteiger partial charge in [-0.15, -0.1) is 0 Å². The Morgan fingerprint density at radius 1 is 0.270 bits per heavy atom. The number of anilines is 3. The average Bonchev–Trinajstić information content (AvgIpc) is 3.94. The lowest BCUT2D eigenvalue weighted by Crippen LogP contribution is -2.12. The van der Waals surface area contributed by atoms with Crippen molar-refractivity contribution in [3.63, 3.8) is 0 Å². The Labute approximate surface area is 365 Å². The van der Waals surface area contributed by atoms with Gasteiger partial charge in [-0.05, 0) is 93.0 Å². The highest BCUT2D eigenvalue weighted by Crippen LogP contribution is 2.49. The van der Waals surface area contributed by atoms with Crippen molar-refractivity contribution in [1.29, 1.82) is 0 Å². The zero-order chi connectivity index (χ0) is 41.7. The van der Waals surface area contributed by atoms with Crippen LogP contribution in [0.4, 0.5) is 17.1 Å². The van der Waals surface area contributed by atoms with Crippen LogP contribution >= 0.6 is 0 Å². The summed E-state index contributed by atoms with van der Waals surface area (Å²) in [5.41, 5.74) is 17.9. The maximum atomic E-state index is 6.59. The number of fused-ring (bicyclic) bond motifs is 6. The van der Waals surface area contributed by atoms with E-state index in [1.54, 1.807) is 0 Å². The highest BCUT2D eigenvalue weighted by molar-refractivity contribution is 6.14. The van der Waals surface area contributed by atoms with Gasteiger partial charge in [-0.25, -0.2) is 0 Å². The second-order valence-electron chi connectivity index (χ2n) is 16.0. The Hall–Kier alpha value is -8.40. The van der Waals surface area contributed by atoms with Gasteiger partial charge in [0.05, 0.1) is 16.8 Å². The van der Waals surface area contributed by atoms with Crippen molar-refractivity contribution < 1.29 is 8.83 Å². The Kier molecular flexibility index (Phi) is 8.83. The van der Waals surface area contributed by atoms with E-state index in [-0.39, 0.29) is 0 Å². The van der Waals surface area contributed by atoms with Gasteiger partial charge in [0.2, 0.25) is 0 Å². The molecule has 2 aromatic heterocycles. The first-order valence-electron chi connectivity index (χ1n) is 21.4. The van der Waals surface area contributed by atoms with Crippen molar-refractivity contribution in [2.24, 2.45) is 0 Å². The van der Waals surface area contributed by atoms with Gasteiger partial charge in [-0.3, -0.25) is 0 Å². The summed E-state index contributed by atoms with van der Waals surface area (Å²) >= 11 is 0. The molecular weight excluding hydrogens is 767 g/mol. The molecule has 0 spiro atoms. The quantitative estimate of drug-likeness (QED) is 0.153. The first-order valence-corrected chi connectivity index (χ1v) is 21.4. The van der Waals surface area contributed by atoms with E-state index in [0.717, 1.165) is 88.8 Å². The van der Waals surface area contributed by atoms with Gasteiger partial charge in [0.1, 0.15) is 22.3 Å². The molecular formula is C60H39NO2. The molecule has 0 aliphatic rings. The maximum Gasteiger partial charge on any atom is 0.143 e. The summed E-state index contributed by atoms with van der Waals surface area (Å²) in [5.74, 6) is 0. The van der Waals surface area contributed by atoms with E-state index in [9.17, 15) is 0 Å². The lowest BCUT2D eigenvalue weighted by Gasteiger charge is -2.29. The molecule has 3 nitrogen and oxygen atoms in total. The van der Waals surface area contributed by atoms with E-state index in [4.69, 9.17) is 8.83 Å². The summed E-state index contributed by atoms with van der Waals surface area (Å²) < 4.78 is 13.1. The molecule has 0 saturated heterocycles. The minimum Gasteiger partial charge on any atom is -0.456 e. The highest BCUT2D eigenvalue weighted by atomic mass is 16.3. The van der Waals surface area contributed by atoms with E-state index in [0.29, 0.717) is 0 Å². The number of furan rings is 2. The fraction of sp³-hybridized carbons (Fsp3) is 0. The van der Waals surface area contributed by atoms with Crippen molar-refractivity contribution in [3.8, 4) is 55.6 Å². The zero-order valence-electron chi connectivity index (χ0n) is 34.3. The molecule has 2 heterocycles. The topological polar surface area (TPSA) is 29.5 Å². The minimum atomic E-state index is 0.838. The smallest absolute Gasteiger partial charge is 0.143 e. The zero-order valence-corrected chi connectivity index (χ0v) is 34.3. The number of hydrogen-bond donors (Lipinski definition) is 0. The van der Waals surface area contributed by atoms with Gasteiger partial charge in [-0.1, -0.05) is 188 Å². The van der Waals surface area contributed by atoms with Crippen LogP contribution in [0.1, 0.15) is 0 Å². The molecule has 0 bridgehead atoms. The molecule has 12 rings (SSSR count). The van der Waals surface area contributed by atoms with Crippen molar-refractivity contribution in [1.82, 2.24) is 0 Å². The van der Waals surface area contributed by atoms with E-state index in [1.165, 1.54) is 27.8 Å². The Balaban J connectivity index is 1.10. The fourth-order valence-electron chi connectivity index (χ4n) is 9.43. The summed E-state index contributed by atoms with van der Waals surface area (Å²) in [6.07, 6.45) is 0. The van der Waals surface area contributed by atoms with Crippen molar-refractivity contribution in [2.75, 3.05) is 4.90 Å². The van der Waals surface area contributed by atoms with E-state index >= 15 is 0 Å². The van der Waals surface area contributed by atoms with E-state index < -0.39 is 0 Å².